The Morgan fingerprint density at radius 3 is 2.78 bits per heavy atom. The lowest BCUT2D eigenvalue weighted by Crippen LogP contribution is -2.30. The Bertz CT molecular complexity index is 84.3. The van der Waals surface area contributed by atoms with Gasteiger partial charge in [0, 0.05) is 19.5 Å². The zero-order valence-corrected chi connectivity index (χ0v) is 5.61. The van der Waals surface area contributed by atoms with E-state index < -0.39 is 0 Å². The van der Waals surface area contributed by atoms with Crippen LogP contribution in [0.2, 0.25) is 0 Å². The first-order valence-electron chi connectivity index (χ1n) is 3.01. The average molecular weight is 131 g/mol. The van der Waals surface area contributed by atoms with Gasteiger partial charge < -0.3 is 5.32 Å². The molecular weight excluding hydrogens is 118 g/mol. The molecule has 0 unspecified atom stereocenters. The lowest BCUT2D eigenvalue weighted by atomic mass is 10.4. The molecule has 0 aromatic rings. The molecule has 0 bridgehead atoms. The van der Waals surface area contributed by atoms with E-state index in [1.165, 1.54) is 0 Å². The van der Waals surface area contributed by atoms with Gasteiger partial charge in [-0.25, -0.2) is 0 Å². The van der Waals surface area contributed by atoms with Gasteiger partial charge in [0.05, 0.1) is 0 Å². The normalized spacial score (nSPS) is 9.11. The summed E-state index contributed by atoms with van der Waals surface area (Å²) in [6.07, 6.45) is 0.449. The number of amides is 1. The van der Waals surface area contributed by atoms with E-state index in [2.05, 4.69) is 10.7 Å². The molecular formula is C5H13N3O. The molecule has 1 amide bonds. The minimum absolute atomic E-state index is 0.0375. The van der Waals surface area contributed by atoms with Crippen molar-refractivity contribution in [1.82, 2.24) is 10.7 Å². The van der Waals surface area contributed by atoms with Crippen molar-refractivity contribution in [2.45, 2.75) is 13.3 Å². The fourth-order valence-electron chi connectivity index (χ4n) is 0.471. The van der Waals surface area contributed by atoms with Crippen LogP contribution in [-0.2, 0) is 4.79 Å². The molecule has 0 aliphatic carbocycles. The van der Waals surface area contributed by atoms with Crippen LogP contribution in [0.3, 0.4) is 0 Å². The van der Waals surface area contributed by atoms with Crippen LogP contribution >= 0.6 is 0 Å². The summed E-state index contributed by atoms with van der Waals surface area (Å²) >= 11 is 0. The number of nitrogens with two attached hydrogens (primary N) is 1. The summed E-state index contributed by atoms with van der Waals surface area (Å²) in [5.41, 5.74) is 2.40. The van der Waals surface area contributed by atoms with Gasteiger partial charge in [-0.2, -0.15) is 0 Å². The van der Waals surface area contributed by atoms with Crippen molar-refractivity contribution in [3.05, 3.63) is 0 Å². The summed E-state index contributed by atoms with van der Waals surface area (Å²) in [6.45, 7) is 3.10. The van der Waals surface area contributed by atoms with Crippen molar-refractivity contribution in [3.63, 3.8) is 0 Å². The van der Waals surface area contributed by atoms with Gasteiger partial charge in [0.25, 0.3) is 0 Å². The number of rotatable bonds is 4. The van der Waals surface area contributed by atoms with Gasteiger partial charge in [-0.1, -0.05) is 0 Å². The molecule has 0 aliphatic heterocycles. The second-order valence-electron chi connectivity index (χ2n) is 1.66. The molecule has 0 aromatic heterocycles. The molecule has 0 aromatic carbocycles. The van der Waals surface area contributed by atoms with Crippen LogP contribution in [0.5, 0.6) is 0 Å². The Kier molecular flexibility index (Phi) is 5.15. The highest BCUT2D eigenvalue weighted by molar-refractivity contribution is 5.75. The van der Waals surface area contributed by atoms with Crippen molar-refractivity contribution < 1.29 is 4.79 Å². The van der Waals surface area contributed by atoms with Gasteiger partial charge >= 0.3 is 0 Å². The SMILES string of the molecule is CCNC(=O)CCNN. The first-order valence-corrected chi connectivity index (χ1v) is 3.01. The third-order valence-electron chi connectivity index (χ3n) is 0.870. The maximum absolute atomic E-state index is 10.6. The van der Waals surface area contributed by atoms with E-state index >= 15 is 0 Å². The highest BCUT2D eigenvalue weighted by Crippen LogP contribution is 1.73. The van der Waals surface area contributed by atoms with Gasteiger partial charge in [-0.15, -0.1) is 0 Å². The Labute approximate surface area is 54.8 Å². The van der Waals surface area contributed by atoms with E-state index in [9.17, 15) is 4.79 Å². The minimum Gasteiger partial charge on any atom is -0.356 e. The molecule has 0 atom stereocenters. The van der Waals surface area contributed by atoms with E-state index in [0.717, 1.165) is 0 Å². The quantitative estimate of drug-likeness (QED) is 0.338. The third kappa shape index (κ3) is 5.26. The van der Waals surface area contributed by atoms with Crippen LogP contribution in [0.15, 0.2) is 0 Å². The average Bonchev–Trinajstić information content (AvgIpc) is 1.85. The molecule has 4 heteroatoms. The minimum atomic E-state index is 0.0375. The maximum atomic E-state index is 10.6. The number of hydrogen-bond acceptors (Lipinski definition) is 3. The van der Waals surface area contributed by atoms with Gasteiger partial charge in [0.1, 0.15) is 0 Å². The van der Waals surface area contributed by atoms with Crippen LogP contribution in [0, 0.1) is 0 Å². The molecule has 0 rings (SSSR count). The predicted molar refractivity (Wildman–Crippen MR) is 35.5 cm³/mol. The molecule has 0 fully saturated rings. The van der Waals surface area contributed by atoms with Crippen LogP contribution in [0.4, 0.5) is 0 Å². The molecule has 0 spiro atoms. The molecule has 0 heterocycles. The predicted octanol–water partition coefficient (Wildman–Crippen LogP) is -1.02. The van der Waals surface area contributed by atoms with Crippen LogP contribution in [-0.4, -0.2) is 19.0 Å². The van der Waals surface area contributed by atoms with E-state index in [1.54, 1.807) is 0 Å². The lowest BCUT2D eigenvalue weighted by molar-refractivity contribution is -0.120. The van der Waals surface area contributed by atoms with Crippen LogP contribution in [0.25, 0.3) is 0 Å². The summed E-state index contributed by atoms with van der Waals surface area (Å²) < 4.78 is 0. The van der Waals surface area contributed by atoms with Gasteiger partial charge in [-0.3, -0.25) is 16.1 Å². The molecule has 0 saturated carbocycles. The molecule has 54 valence electrons. The summed E-state index contributed by atoms with van der Waals surface area (Å²) in [5, 5.41) is 2.65. The Morgan fingerprint density at radius 2 is 2.33 bits per heavy atom. The molecule has 0 saturated heterocycles. The number of carbonyl (C=O) groups is 1. The highest BCUT2D eigenvalue weighted by atomic mass is 16.1. The summed E-state index contributed by atoms with van der Waals surface area (Å²) in [5.74, 6) is 4.98. The monoisotopic (exact) mass is 131 g/mol. The van der Waals surface area contributed by atoms with E-state index in [4.69, 9.17) is 5.84 Å². The zero-order valence-electron chi connectivity index (χ0n) is 5.61. The topological polar surface area (TPSA) is 67.2 Å². The fraction of sp³-hybridized carbons (Fsp3) is 0.800. The van der Waals surface area contributed by atoms with Crippen molar-refractivity contribution in [1.29, 1.82) is 0 Å². The summed E-state index contributed by atoms with van der Waals surface area (Å²) in [7, 11) is 0. The van der Waals surface area contributed by atoms with Crippen LogP contribution in [0.1, 0.15) is 13.3 Å². The van der Waals surface area contributed by atoms with E-state index in [1.807, 2.05) is 6.92 Å². The molecule has 0 radical (unpaired) electrons. The first kappa shape index (κ1) is 8.39. The van der Waals surface area contributed by atoms with Crippen molar-refractivity contribution in [3.8, 4) is 0 Å². The lowest BCUT2D eigenvalue weighted by Gasteiger charge is -1.99. The number of hydrogen-bond donors (Lipinski definition) is 3. The van der Waals surface area contributed by atoms with E-state index in [-0.39, 0.29) is 5.91 Å². The standard InChI is InChI=1S/C5H13N3O/c1-2-7-5(9)3-4-8-6/h8H,2-4,6H2,1H3,(H,7,9). The molecule has 0 aliphatic rings. The highest BCUT2D eigenvalue weighted by Gasteiger charge is 1.94. The van der Waals surface area contributed by atoms with Gasteiger partial charge in [-0.05, 0) is 6.92 Å². The largest absolute Gasteiger partial charge is 0.356 e. The third-order valence-corrected chi connectivity index (χ3v) is 0.870. The first-order chi connectivity index (χ1) is 4.31. The summed E-state index contributed by atoms with van der Waals surface area (Å²) in [6, 6.07) is 0. The Balaban J connectivity index is 3.06. The Hall–Kier alpha value is -0.610. The van der Waals surface area contributed by atoms with E-state index in [0.29, 0.717) is 19.5 Å². The molecule has 4 N–H and O–H groups in total. The number of nitrogens with one attached hydrogen (secondary N) is 2. The van der Waals surface area contributed by atoms with Crippen molar-refractivity contribution >= 4 is 5.91 Å². The number of carbonyl (C=O) groups excluding carboxylic acids is 1. The second-order valence-corrected chi connectivity index (χ2v) is 1.66. The molecule has 4 nitrogen and oxygen atoms in total. The molecule has 9 heavy (non-hydrogen) atoms. The van der Waals surface area contributed by atoms with Crippen molar-refractivity contribution in [2.24, 2.45) is 5.84 Å². The Morgan fingerprint density at radius 1 is 1.67 bits per heavy atom. The van der Waals surface area contributed by atoms with Gasteiger partial charge in [0.2, 0.25) is 5.91 Å². The smallest absolute Gasteiger partial charge is 0.221 e. The number of hydrazine groups is 1. The van der Waals surface area contributed by atoms with Crippen molar-refractivity contribution in [2.75, 3.05) is 13.1 Å². The van der Waals surface area contributed by atoms with Crippen LogP contribution < -0.4 is 16.6 Å². The fourth-order valence-corrected chi connectivity index (χ4v) is 0.471. The second kappa shape index (κ2) is 5.53. The zero-order chi connectivity index (χ0) is 7.11. The summed E-state index contributed by atoms with van der Waals surface area (Å²) in [4.78, 5) is 10.6. The maximum Gasteiger partial charge on any atom is 0.221 e. The van der Waals surface area contributed by atoms with Gasteiger partial charge in [0.15, 0.2) is 0 Å².